The quantitative estimate of drug-likeness (QED) is 0.498. The number of amidine groups is 1. The second-order valence-electron chi connectivity index (χ2n) is 4.92. The molecule has 1 aliphatic rings. The number of benzene rings is 1. The van der Waals surface area contributed by atoms with E-state index < -0.39 is 11.4 Å². The Balaban J connectivity index is 2.10. The molecule has 0 bridgehead atoms. The number of pyridine rings is 1. The number of H-pyrrole nitrogens is 1. The van der Waals surface area contributed by atoms with Gasteiger partial charge in [-0.15, -0.1) is 0 Å². The number of nitrogens with zero attached hydrogens (tertiary/aromatic N) is 1. The number of aromatic nitrogens is 1. The minimum atomic E-state index is -0.504. The number of halogens is 2. The first-order valence-electron chi connectivity index (χ1n) is 6.72. The molecule has 23 heavy (non-hydrogen) atoms. The molecule has 118 valence electrons. The highest BCUT2D eigenvalue weighted by Gasteiger charge is 2.17. The maximum atomic E-state index is 14.2. The first kappa shape index (κ1) is 15.1. The standard InChI is InChI=1S/C15H13ClFN5O/c16-9-1-3-20-13-8(9)5-7(6-10(13)17)22-14(19)12-11(18)2-4-21-15(12)23/h1-2,4-6,20H,3H2,(H2,19,22)(H3,18,21,23). The van der Waals surface area contributed by atoms with E-state index >= 15 is 0 Å². The van der Waals surface area contributed by atoms with E-state index in [-0.39, 0.29) is 22.8 Å². The molecule has 2 aromatic rings. The molecule has 0 aliphatic carbocycles. The fourth-order valence-corrected chi connectivity index (χ4v) is 2.56. The van der Waals surface area contributed by atoms with Crippen molar-refractivity contribution in [3.05, 3.63) is 57.8 Å². The van der Waals surface area contributed by atoms with E-state index in [1.807, 2.05) is 0 Å². The van der Waals surface area contributed by atoms with Gasteiger partial charge in [-0.05, 0) is 18.2 Å². The van der Waals surface area contributed by atoms with E-state index in [2.05, 4.69) is 15.3 Å². The van der Waals surface area contributed by atoms with Crippen LogP contribution in [-0.4, -0.2) is 17.4 Å². The van der Waals surface area contributed by atoms with Crippen LogP contribution >= 0.6 is 11.6 Å². The summed E-state index contributed by atoms with van der Waals surface area (Å²) >= 11 is 6.09. The molecular weight excluding hydrogens is 321 g/mol. The van der Waals surface area contributed by atoms with Crippen LogP contribution in [0.25, 0.3) is 5.03 Å². The van der Waals surface area contributed by atoms with Crippen LogP contribution in [0.2, 0.25) is 0 Å². The van der Waals surface area contributed by atoms with Crippen molar-refractivity contribution in [2.45, 2.75) is 0 Å². The van der Waals surface area contributed by atoms with Crippen molar-refractivity contribution >= 4 is 39.5 Å². The van der Waals surface area contributed by atoms with Gasteiger partial charge in [0.25, 0.3) is 5.56 Å². The molecule has 3 rings (SSSR count). The molecule has 6 nitrogen and oxygen atoms in total. The van der Waals surface area contributed by atoms with Gasteiger partial charge in [0.1, 0.15) is 17.2 Å². The second-order valence-corrected chi connectivity index (χ2v) is 5.32. The van der Waals surface area contributed by atoms with Crippen molar-refractivity contribution < 1.29 is 4.39 Å². The molecular formula is C15H13ClFN5O. The van der Waals surface area contributed by atoms with E-state index in [0.717, 1.165) is 0 Å². The number of hydrogen-bond acceptors (Lipinski definition) is 4. The number of aromatic amines is 1. The van der Waals surface area contributed by atoms with E-state index in [0.29, 0.717) is 22.8 Å². The number of anilines is 2. The number of nitrogen functional groups attached to an aromatic ring is 1. The minimum absolute atomic E-state index is 0.0467. The van der Waals surface area contributed by atoms with Crippen LogP contribution in [0.1, 0.15) is 11.1 Å². The van der Waals surface area contributed by atoms with E-state index in [9.17, 15) is 9.18 Å². The Morgan fingerprint density at radius 3 is 2.91 bits per heavy atom. The molecule has 6 N–H and O–H groups in total. The van der Waals surface area contributed by atoms with Crippen LogP contribution < -0.4 is 22.3 Å². The second kappa shape index (κ2) is 5.77. The van der Waals surface area contributed by atoms with E-state index in [1.165, 1.54) is 18.3 Å². The SMILES string of the molecule is NC(=Nc1cc(F)c2c(c1)C(Cl)=CCN2)c1c(N)cc[nH]c1=O. The van der Waals surface area contributed by atoms with Gasteiger partial charge in [-0.25, -0.2) is 9.38 Å². The van der Waals surface area contributed by atoms with Gasteiger partial charge in [0.15, 0.2) is 0 Å². The third kappa shape index (κ3) is 2.78. The summed E-state index contributed by atoms with van der Waals surface area (Å²) in [7, 11) is 0. The van der Waals surface area contributed by atoms with Crippen LogP contribution in [0.3, 0.4) is 0 Å². The highest BCUT2D eigenvalue weighted by molar-refractivity contribution is 6.49. The average molecular weight is 334 g/mol. The predicted octanol–water partition coefficient (Wildman–Crippen LogP) is 2.14. The molecule has 0 unspecified atom stereocenters. The Labute approximate surface area is 135 Å². The zero-order valence-electron chi connectivity index (χ0n) is 11.9. The summed E-state index contributed by atoms with van der Waals surface area (Å²) in [5.41, 5.74) is 12.4. The summed E-state index contributed by atoms with van der Waals surface area (Å²) in [5, 5.41) is 3.32. The Morgan fingerprint density at radius 1 is 1.39 bits per heavy atom. The molecule has 1 aromatic carbocycles. The largest absolute Gasteiger partial charge is 0.398 e. The van der Waals surface area contributed by atoms with Crippen molar-refractivity contribution in [2.75, 3.05) is 17.6 Å². The maximum Gasteiger partial charge on any atom is 0.261 e. The third-order valence-electron chi connectivity index (χ3n) is 3.39. The molecule has 0 amide bonds. The molecule has 1 aliphatic heterocycles. The predicted molar refractivity (Wildman–Crippen MR) is 90.6 cm³/mol. The molecule has 0 fully saturated rings. The highest BCUT2D eigenvalue weighted by atomic mass is 35.5. The van der Waals surface area contributed by atoms with Gasteiger partial charge in [0.05, 0.1) is 11.4 Å². The lowest BCUT2D eigenvalue weighted by Gasteiger charge is -2.17. The van der Waals surface area contributed by atoms with Crippen LogP contribution in [0.4, 0.5) is 21.5 Å². The van der Waals surface area contributed by atoms with Gasteiger partial charge >= 0.3 is 0 Å². The van der Waals surface area contributed by atoms with Crippen LogP contribution in [0.5, 0.6) is 0 Å². The van der Waals surface area contributed by atoms with Crippen molar-refractivity contribution in [3.63, 3.8) is 0 Å². The lowest BCUT2D eigenvalue weighted by atomic mass is 10.1. The van der Waals surface area contributed by atoms with E-state index in [1.54, 1.807) is 12.1 Å². The topological polar surface area (TPSA) is 109 Å². The third-order valence-corrected chi connectivity index (χ3v) is 3.75. The minimum Gasteiger partial charge on any atom is -0.398 e. The lowest BCUT2D eigenvalue weighted by Crippen LogP contribution is -2.25. The van der Waals surface area contributed by atoms with Gasteiger partial charge in [-0.3, -0.25) is 4.79 Å². The van der Waals surface area contributed by atoms with Crippen molar-refractivity contribution in [1.29, 1.82) is 0 Å². The number of nitrogens with one attached hydrogen (secondary N) is 2. The van der Waals surface area contributed by atoms with Gasteiger partial charge < -0.3 is 21.8 Å². The number of rotatable bonds is 2. The van der Waals surface area contributed by atoms with Crippen LogP contribution in [0, 0.1) is 5.82 Å². The normalized spacial score (nSPS) is 14.0. The molecule has 1 aromatic heterocycles. The zero-order chi connectivity index (χ0) is 16.6. The van der Waals surface area contributed by atoms with Crippen molar-refractivity contribution in [2.24, 2.45) is 10.7 Å². The summed E-state index contributed by atoms with van der Waals surface area (Å²) in [6.07, 6.45) is 3.13. The van der Waals surface area contributed by atoms with Crippen LogP contribution in [-0.2, 0) is 0 Å². The van der Waals surface area contributed by atoms with Gasteiger partial charge in [0.2, 0.25) is 0 Å². The fourth-order valence-electron chi connectivity index (χ4n) is 2.33. The monoisotopic (exact) mass is 333 g/mol. The summed E-state index contributed by atoms with van der Waals surface area (Å²) in [6, 6.07) is 4.29. The molecule has 0 saturated heterocycles. The number of aliphatic imine (C=N–C) groups is 1. The number of nitrogens with two attached hydrogens (primary N) is 2. The summed E-state index contributed by atoms with van der Waals surface area (Å²) in [5.74, 6) is -0.609. The highest BCUT2D eigenvalue weighted by Crippen LogP contribution is 2.35. The summed E-state index contributed by atoms with van der Waals surface area (Å²) in [4.78, 5) is 18.4. The Kier molecular flexibility index (Phi) is 3.79. The lowest BCUT2D eigenvalue weighted by molar-refractivity contribution is 0.630. The first-order chi connectivity index (χ1) is 11.0. The molecule has 0 atom stereocenters. The fraction of sp³-hybridized carbons (Fsp3) is 0.0667. The summed E-state index contributed by atoms with van der Waals surface area (Å²) < 4.78 is 14.2. The number of hydrogen-bond donors (Lipinski definition) is 4. The first-order valence-corrected chi connectivity index (χ1v) is 7.10. The molecule has 0 radical (unpaired) electrons. The number of fused-ring (bicyclic) bond motifs is 1. The molecule has 0 spiro atoms. The van der Waals surface area contributed by atoms with Crippen LogP contribution in [0.15, 0.2) is 40.3 Å². The average Bonchev–Trinajstić information content (AvgIpc) is 2.48. The zero-order valence-corrected chi connectivity index (χ0v) is 12.6. The van der Waals surface area contributed by atoms with Crippen molar-refractivity contribution in [1.82, 2.24) is 4.98 Å². The molecule has 8 heteroatoms. The molecule has 0 saturated carbocycles. The van der Waals surface area contributed by atoms with Gasteiger partial charge in [-0.2, -0.15) is 0 Å². The maximum absolute atomic E-state index is 14.2. The Bertz CT molecular complexity index is 903. The van der Waals surface area contributed by atoms with Crippen molar-refractivity contribution in [3.8, 4) is 0 Å². The smallest absolute Gasteiger partial charge is 0.261 e. The van der Waals surface area contributed by atoms with Gasteiger partial charge in [0, 0.05) is 35.1 Å². The Hall–Kier alpha value is -2.80. The van der Waals surface area contributed by atoms with E-state index in [4.69, 9.17) is 23.1 Å². The summed E-state index contributed by atoms with van der Waals surface area (Å²) in [6.45, 7) is 0.448. The Morgan fingerprint density at radius 2 is 2.17 bits per heavy atom. The van der Waals surface area contributed by atoms with Gasteiger partial charge in [-0.1, -0.05) is 11.6 Å². The molecule has 2 heterocycles.